The van der Waals surface area contributed by atoms with E-state index in [1.165, 1.54) is 16.7 Å². The molecule has 6 bridgehead atoms. The summed E-state index contributed by atoms with van der Waals surface area (Å²) in [5.74, 6) is 4.71. The smallest absolute Gasteiger partial charge is 0.168 e. The molecule has 0 saturated carbocycles. The second-order valence-electron chi connectivity index (χ2n) is 13.9. The number of hydrogen-bond donors (Lipinski definition) is 1. The predicted molar refractivity (Wildman–Crippen MR) is 181 cm³/mol. The number of aliphatic hydroxyl groups is 1. The molecule has 1 N–H and O–H groups in total. The Bertz CT molecular complexity index is 1660. The summed E-state index contributed by atoms with van der Waals surface area (Å²) in [6.45, 7) is 4.01. The average molecular weight is 641 g/mol. The van der Waals surface area contributed by atoms with E-state index < -0.39 is 5.60 Å². The molecule has 0 spiro atoms. The fourth-order valence-corrected chi connectivity index (χ4v) is 8.06. The van der Waals surface area contributed by atoms with Gasteiger partial charge in [-0.2, -0.15) is 0 Å². The van der Waals surface area contributed by atoms with Gasteiger partial charge in [-0.3, -0.25) is 4.90 Å². The van der Waals surface area contributed by atoms with Crippen molar-refractivity contribution in [2.45, 2.75) is 69.9 Å². The molecule has 3 atom stereocenters. The molecule has 3 unspecified atom stereocenters. The Morgan fingerprint density at radius 2 is 1.77 bits per heavy atom. The van der Waals surface area contributed by atoms with Crippen molar-refractivity contribution in [1.29, 1.82) is 0 Å². The van der Waals surface area contributed by atoms with Crippen LogP contribution in [0.1, 0.15) is 58.3 Å². The van der Waals surface area contributed by atoms with E-state index in [-0.39, 0.29) is 17.7 Å². The van der Waals surface area contributed by atoms with Crippen molar-refractivity contribution in [3.63, 3.8) is 0 Å². The maximum Gasteiger partial charge on any atom is 0.168 e. The maximum atomic E-state index is 10.9. The van der Waals surface area contributed by atoms with Crippen molar-refractivity contribution >= 4 is 0 Å². The Morgan fingerprint density at radius 3 is 2.51 bits per heavy atom. The van der Waals surface area contributed by atoms with Gasteiger partial charge in [0.25, 0.3) is 0 Å². The summed E-state index contributed by atoms with van der Waals surface area (Å²) in [6, 6.07) is 0.254. The molecule has 0 aromatic heterocycles. The molecule has 47 heavy (non-hydrogen) atoms. The number of aliphatic hydroxyl groups excluding tert-OH is 1. The Hall–Kier alpha value is -4.04. The molecule has 8 nitrogen and oxygen atoms in total. The van der Waals surface area contributed by atoms with E-state index in [4.69, 9.17) is 23.7 Å². The van der Waals surface area contributed by atoms with Crippen LogP contribution in [0, 0.1) is 5.92 Å². The van der Waals surface area contributed by atoms with Gasteiger partial charge in [-0.05, 0) is 93.2 Å². The Labute approximate surface area is 279 Å². The normalized spacial score (nSPS) is 30.8. The first-order valence-electron chi connectivity index (χ1n) is 16.9. The molecule has 8 heteroatoms. The minimum Gasteiger partial charge on any atom is -0.504 e. The highest BCUT2D eigenvalue weighted by atomic mass is 16.6. The molecule has 4 heterocycles. The first-order chi connectivity index (χ1) is 22.7. The molecule has 8 aliphatic rings. The second kappa shape index (κ2) is 12.5. The van der Waals surface area contributed by atoms with E-state index in [2.05, 4.69) is 61.2 Å². The van der Waals surface area contributed by atoms with Crippen LogP contribution in [-0.4, -0.2) is 75.1 Å². The topological polar surface area (TPSA) is 72.9 Å². The van der Waals surface area contributed by atoms with E-state index in [0.29, 0.717) is 18.6 Å². The molecule has 0 saturated heterocycles. The Morgan fingerprint density at radius 1 is 0.936 bits per heavy atom. The number of ether oxygens (including phenoxy) is 5. The van der Waals surface area contributed by atoms with E-state index in [9.17, 15) is 5.11 Å². The quantitative estimate of drug-likeness (QED) is 0.343. The molecule has 0 amide bonds. The first kappa shape index (κ1) is 31.6. The largest absolute Gasteiger partial charge is 0.504 e. The van der Waals surface area contributed by atoms with Crippen LogP contribution in [0.25, 0.3) is 0 Å². The van der Waals surface area contributed by atoms with Gasteiger partial charge in [-0.1, -0.05) is 17.7 Å². The van der Waals surface area contributed by atoms with Gasteiger partial charge in [0, 0.05) is 56.2 Å². The third-order valence-electron chi connectivity index (χ3n) is 10.8. The van der Waals surface area contributed by atoms with Gasteiger partial charge in [0.05, 0.1) is 27.8 Å². The SMILES string of the molecule is COC1=CC2=C3C(=C(OC)C1)OC1(C)CC4=C(C=C1OC)CCN(C)C4CC1=CC=C(CC1)OC1=CC(/C=C/3N(C)CC2)CC=C1O. The van der Waals surface area contributed by atoms with Crippen molar-refractivity contribution in [2.75, 3.05) is 48.5 Å². The van der Waals surface area contributed by atoms with Crippen LogP contribution in [-0.2, 0) is 23.7 Å². The number of rotatable bonds is 3. The zero-order valence-corrected chi connectivity index (χ0v) is 28.7. The number of fused-ring (bicyclic) bond motifs is 2. The van der Waals surface area contributed by atoms with Crippen molar-refractivity contribution < 1.29 is 28.8 Å². The van der Waals surface area contributed by atoms with Crippen molar-refractivity contribution in [2.24, 2.45) is 5.92 Å². The van der Waals surface area contributed by atoms with Crippen LogP contribution in [0.4, 0.5) is 0 Å². The first-order valence-corrected chi connectivity index (χ1v) is 16.9. The highest BCUT2D eigenvalue weighted by Gasteiger charge is 2.45. The number of nitrogens with zero attached hydrogens (tertiary/aromatic N) is 2. The third-order valence-corrected chi connectivity index (χ3v) is 10.8. The standard InChI is InChI=1S/C39H48N2O6/c1-39-23-30-26(21-36(39)45-6)13-15-40(2)31(30)17-24-7-10-28(11-8-24)46-34-19-25(9-12-33(34)42)18-32-37-27(14-16-41(32)3)20-29(43-4)22-35(44-5)38(37)47-39/h7,10,12,18-21,25,31,42H,8-9,11,13-17,22-23H2,1-6H3/b32-18-. The molecular formula is C39H48N2O6. The van der Waals surface area contributed by atoms with Crippen molar-refractivity contribution in [3.8, 4) is 0 Å². The highest BCUT2D eigenvalue weighted by molar-refractivity contribution is 5.56. The van der Waals surface area contributed by atoms with Gasteiger partial charge in [0.15, 0.2) is 22.9 Å². The summed E-state index contributed by atoms with van der Waals surface area (Å²) in [5, 5.41) is 10.9. The monoisotopic (exact) mass is 640 g/mol. The summed E-state index contributed by atoms with van der Waals surface area (Å²) in [7, 11) is 9.56. The molecule has 0 aromatic carbocycles. The lowest BCUT2D eigenvalue weighted by molar-refractivity contribution is -0.00405. The molecular weight excluding hydrogens is 592 g/mol. The van der Waals surface area contributed by atoms with Crippen molar-refractivity contribution in [3.05, 3.63) is 116 Å². The van der Waals surface area contributed by atoms with E-state index in [0.717, 1.165) is 97.3 Å². The number of likely N-dealkylation sites (N-methyl/N-ethyl adjacent to an activating group) is 2. The molecule has 8 rings (SSSR count). The van der Waals surface area contributed by atoms with E-state index in [1.807, 2.05) is 12.2 Å². The highest BCUT2D eigenvalue weighted by Crippen LogP contribution is 2.48. The van der Waals surface area contributed by atoms with Gasteiger partial charge >= 0.3 is 0 Å². The van der Waals surface area contributed by atoms with Gasteiger partial charge in [-0.15, -0.1) is 0 Å². The summed E-state index contributed by atoms with van der Waals surface area (Å²) >= 11 is 0. The minimum atomic E-state index is -0.764. The summed E-state index contributed by atoms with van der Waals surface area (Å²) < 4.78 is 32.0. The minimum absolute atomic E-state index is 0.00620. The lowest BCUT2D eigenvalue weighted by Gasteiger charge is -2.45. The van der Waals surface area contributed by atoms with E-state index in [1.54, 1.807) is 21.3 Å². The Balaban J connectivity index is 1.44. The van der Waals surface area contributed by atoms with Crippen LogP contribution < -0.4 is 0 Å². The van der Waals surface area contributed by atoms with Gasteiger partial charge in [0.1, 0.15) is 23.0 Å². The average Bonchev–Trinajstić information content (AvgIpc) is 3.21. The summed E-state index contributed by atoms with van der Waals surface area (Å²) in [4.78, 5) is 4.79. The predicted octanol–water partition coefficient (Wildman–Crippen LogP) is 7.37. The van der Waals surface area contributed by atoms with Crippen LogP contribution in [0.5, 0.6) is 0 Å². The number of allylic oxidation sites excluding steroid dienone is 8. The zero-order valence-electron chi connectivity index (χ0n) is 28.7. The molecule has 0 fully saturated rings. The summed E-state index contributed by atoms with van der Waals surface area (Å²) in [6.07, 6.45) is 21.3. The molecule has 4 aliphatic heterocycles. The number of methoxy groups -OCH3 is 3. The molecule has 250 valence electrons. The summed E-state index contributed by atoms with van der Waals surface area (Å²) in [5.41, 5.74) is 6.65. The van der Waals surface area contributed by atoms with Gasteiger partial charge in [0.2, 0.25) is 0 Å². The van der Waals surface area contributed by atoms with Gasteiger partial charge in [-0.25, -0.2) is 0 Å². The fraction of sp³-hybridized carbons (Fsp3) is 0.487. The second-order valence-corrected chi connectivity index (χ2v) is 13.9. The third kappa shape index (κ3) is 5.86. The lowest BCUT2D eigenvalue weighted by Crippen LogP contribution is -2.45. The molecule has 0 radical (unpaired) electrons. The fourth-order valence-electron chi connectivity index (χ4n) is 8.06. The number of hydrogen-bond acceptors (Lipinski definition) is 8. The van der Waals surface area contributed by atoms with Crippen LogP contribution in [0.15, 0.2) is 116 Å². The maximum absolute atomic E-state index is 10.9. The molecule has 4 aliphatic carbocycles. The Kier molecular flexibility index (Phi) is 8.41. The van der Waals surface area contributed by atoms with E-state index >= 15 is 0 Å². The van der Waals surface area contributed by atoms with Crippen molar-refractivity contribution in [1.82, 2.24) is 9.80 Å². The van der Waals surface area contributed by atoms with Gasteiger partial charge < -0.3 is 33.7 Å². The van der Waals surface area contributed by atoms with Crippen LogP contribution in [0.3, 0.4) is 0 Å². The van der Waals surface area contributed by atoms with Crippen LogP contribution >= 0.6 is 0 Å². The zero-order chi connectivity index (χ0) is 32.9. The van der Waals surface area contributed by atoms with Crippen LogP contribution in [0.2, 0.25) is 0 Å². The molecule has 0 aromatic rings. The lowest BCUT2D eigenvalue weighted by atomic mass is 9.76.